The maximum atomic E-state index is 5.70. The molecule has 4 aliphatic rings. The SMILES string of the molecule is C1COCCN2CCOCCOCCN(CCO1)CCOCCOCC2.[K+].c1ccc(C2=[As][As]=[As][C-]2c2ccccc2)cc1. The molecule has 0 aliphatic carbocycles. The van der Waals surface area contributed by atoms with Gasteiger partial charge in [0.25, 0.3) is 0 Å². The van der Waals surface area contributed by atoms with Crippen LogP contribution < -0.4 is 51.4 Å². The zero-order chi connectivity index (χ0) is 29.6. The summed E-state index contributed by atoms with van der Waals surface area (Å²) < 4.78 is 37.6. The van der Waals surface area contributed by atoms with Crippen LogP contribution in [0.1, 0.15) is 11.1 Å². The summed E-state index contributed by atoms with van der Waals surface area (Å²) in [7, 11) is 0. The average Bonchev–Trinajstić information content (AvgIpc) is 3.54. The van der Waals surface area contributed by atoms with Crippen molar-refractivity contribution < 1.29 is 79.8 Å². The minimum atomic E-state index is 0. The Morgan fingerprint density at radius 2 is 0.841 bits per heavy atom. The van der Waals surface area contributed by atoms with E-state index in [-0.39, 0.29) is 51.4 Å². The quantitative estimate of drug-likeness (QED) is 0.268. The van der Waals surface area contributed by atoms with E-state index in [0.29, 0.717) is 117 Å². The molecule has 0 unspecified atom stereocenters. The van der Waals surface area contributed by atoms with Crippen molar-refractivity contribution in [3.63, 3.8) is 0 Å². The Morgan fingerprint density at radius 1 is 0.477 bits per heavy atom. The third-order valence-corrected chi connectivity index (χ3v) is 27.5. The molecule has 0 spiro atoms. The van der Waals surface area contributed by atoms with E-state index >= 15 is 0 Å². The van der Waals surface area contributed by atoms with Gasteiger partial charge in [0.1, 0.15) is 0 Å². The molecule has 4 heterocycles. The molecule has 12 heteroatoms. The van der Waals surface area contributed by atoms with E-state index in [9.17, 15) is 0 Å². The van der Waals surface area contributed by atoms with Crippen LogP contribution >= 0.6 is 0 Å². The molecule has 3 saturated heterocycles. The summed E-state index contributed by atoms with van der Waals surface area (Å²) >= 11 is 1.65. The van der Waals surface area contributed by atoms with Gasteiger partial charge in [-0.25, -0.2) is 0 Å². The number of hydrogen-bond donors (Lipinski definition) is 0. The predicted octanol–water partition coefficient (Wildman–Crippen LogP) is -1.54. The summed E-state index contributed by atoms with van der Waals surface area (Å²) in [6.07, 6.45) is 0. The van der Waals surface area contributed by atoms with E-state index in [1.54, 1.807) is 9.01 Å². The molecule has 236 valence electrons. The monoisotopic (exact) mass is 818 g/mol. The van der Waals surface area contributed by atoms with Gasteiger partial charge in [0, 0.05) is 39.3 Å². The fraction of sp³-hybridized carbons (Fsp3) is 0.562. The Morgan fingerprint density at radius 3 is 1.23 bits per heavy atom. The molecule has 3 fully saturated rings. The van der Waals surface area contributed by atoms with Gasteiger partial charge >= 0.3 is 170 Å². The molecular formula is C32H46As3KN2O6. The van der Waals surface area contributed by atoms with Crippen molar-refractivity contribution in [3.05, 3.63) is 76.5 Å². The fourth-order valence-corrected chi connectivity index (χ4v) is 31.9. The van der Waals surface area contributed by atoms with Crippen LogP contribution in [0.3, 0.4) is 0 Å². The van der Waals surface area contributed by atoms with Crippen LogP contribution in [0, 0.1) is 4.71 Å². The average molecular weight is 819 g/mol. The second-order valence-electron chi connectivity index (χ2n) is 10.1. The number of ether oxygens (including phenoxy) is 6. The summed E-state index contributed by atoms with van der Waals surface area (Å²) in [5.74, 6) is 0. The maximum absolute atomic E-state index is 5.70. The van der Waals surface area contributed by atoms with Gasteiger partial charge in [-0.2, -0.15) is 0 Å². The van der Waals surface area contributed by atoms with Crippen molar-refractivity contribution in [1.82, 2.24) is 9.80 Å². The number of fused-ring (bicyclic) bond motifs is 21. The Kier molecular flexibility index (Phi) is 23.5. The van der Waals surface area contributed by atoms with Crippen LogP contribution in [0.15, 0.2) is 60.7 Å². The van der Waals surface area contributed by atoms with Gasteiger partial charge in [0.15, 0.2) is 0 Å². The first-order valence-electron chi connectivity index (χ1n) is 15.3. The molecule has 0 radical (unpaired) electrons. The summed E-state index contributed by atoms with van der Waals surface area (Å²) in [5.41, 5.74) is 2.96. The van der Waals surface area contributed by atoms with Gasteiger partial charge in [0.05, 0.1) is 79.3 Å². The minimum absolute atomic E-state index is 0. The van der Waals surface area contributed by atoms with E-state index in [0.717, 1.165) is 39.3 Å². The normalized spacial score (nSPS) is 24.5. The summed E-state index contributed by atoms with van der Waals surface area (Å²) in [6.45, 7) is 13.2. The van der Waals surface area contributed by atoms with Crippen molar-refractivity contribution in [1.29, 1.82) is 0 Å². The molecule has 0 atom stereocenters. The summed E-state index contributed by atoms with van der Waals surface area (Å²) in [4.78, 5) is 4.62. The standard InChI is InChI=1S/C18H36N2O6.C14H10As3.K/c1-7-21-13-14-24-10-4-20-5-11-25-17-15-22-8-2-19(1)3-9-23-16-18-26-12-6-20;1-3-7-11(8-4-1)13-14(16-17-15-13)12-9-5-2-6-10-12;/h1-18H2;1-10H;/q;-1;+1. The zero-order valence-electron chi connectivity index (χ0n) is 26.2. The van der Waals surface area contributed by atoms with Gasteiger partial charge in [-0.15, -0.1) is 0 Å². The van der Waals surface area contributed by atoms with Crippen LogP contribution in [0.2, 0.25) is 0 Å². The van der Waals surface area contributed by atoms with Crippen molar-refractivity contribution >= 4 is 41.8 Å². The van der Waals surface area contributed by atoms with E-state index in [4.69, 9.17) is 28.4 Å². The van der Waals surface area contributed by atoms with E-state index in [1.807, 2.05) is 0 Å². The molecule has 44 heavy (non-hydrogen) atoms. The zero-order valence-corrected chi connectivity index (χ0v) is 34.9. The summed E-state index contributed by atoms with van der Waals surface area (Å²) in [5, 5.41) is 0. The molecule has 2 bridgehead atoms. The Balaban J connectivity index is 0.000000253. The molecule has 0 amide bonds. The van der Waals surface area contributed by atoms with Crippen LogP contribution in [-0.4, -0.2) is 170 Å². The molecular weight excluding hydrogens is 772 g/mol. The van der Waals surface area contributed by atoms with Gasteiger partial charge < -0.3 is 28.4 Å². The number of hydrogen-bond acceptors (Lipinski definition) is 8. The van der Waals surface area contributed by atoms with E-state index in [2.05, 4.69) is 70.5 Å². The van der Waals surface area contributed by atoms with Crippen LogP contribution in [0.4, 0.5) is 0 Å². The molecule has 6 rings (SSSR count). The van der Waals surface area contributed by atoms with Crippen molar-refractivity contribution in [2.45, 2.75) is 0 Å². The molecule has 2 aromatic rings. The van der Waals surface area contributed by atoms with E-state index in [1.165, 1.54) is 11.1 Å². The molecule has 0 saturated carbocycles. The van der Waals surface area contributed by atoms with Gasteiger partial charge in [-0.1, -0.05) is 0 Å². The molecule has 0 N–H and O–H groups in total. The van der Waals surface area contributed by atoms with Crippen LogP contribution in [-0.2, 0) is 28.4 Å². The van der Waals surface area contributed by atoms with Gasteiger partial charge in [-0.3, -0.25) is 9.80 Å². The molecule has 8 nitrogen and oxygen atoms in total. The molecule has 0 aromatic heterocycles. The Bertz CT molecular complexity index is 979. The first-order valence-corrected chi connectivity index (χ1v) is 27.6. The second kappa shape index (κ2) is 26.1. The number of nitrogens with zero attached hydrogens (tertiary/aromatic N) is 2. The Labute approximate surface area is 322 Å². The number of benzene rings is 2. The third-order valence-electron chi connectivity index (χ3n) is 7.04. The Hall–Kier alpha value is 1.17. The number of rotatable bonds is 2. The first-order chi connectivity index (χ1) is 21.4. The van der Waals surface area contributed by atoms with Gasteiger partial charge in [-0.05, 0) is 0 Å². The third kappa shape index (κ3) is 16.5. The predicted molar refractivity (Wildman–Crippen MR) is 174 cm³/mol. The van der Waals surface area contributed by atoms with Crippen LogP contribution in [0.25, 0.3) is 0 Å². The van der Waals surface area contributed by atoms with Crippen molar-refractivity contribution in [3.8, 4) is 0 Å². The first kappa shape index (κ1) is 39.6. The van der Waals surface area contributed by atoms with Gasteiger partial charge in [0.2, 0.25) is 0 Å². The topological polar surface area (TPSA) is 61.9 Å². The summed E-state index contributed by atoms with van der Waals surface area (Å²) in [6, 6.07) is 22.0. The second-order valence-corrected chi connectivity index (χ2v) is 29.6. The molecule has 2 aromatic carbocycles. The van der Waals surface area contributed by atoms with Crippen molar-refractivity contribution in [2.24, 2.45) is 0 Å². The van der Waals surface area contributed by atoms with E-state index < -0.39 is 0 Å². The van der Waals surface area contributed by atoms with Crippen molar-refractivity contribution in [2.75, 3.05) is 119 Å². The fourth-order valence-electron chi connectivity index (χ4n) is 4.59. The van der Waals surface area contributed by atoms with Crippen LogP contribution in [0.5, 0.6) is 0 Å². The molecule has 4 aliphatic heterocycles.